The number of nitriles is 1. The van der Waals surface area contributed by atoms with E-state index in [0.717, 1.165) is 89.5 Å². The van der Waals surface area contributed by atoms with Crippen LogP contribution in [0, 0.1) is 43.9 Å². The maximum Gasteiger partial charge on any atom is 0.262 e. The van der Waals surface area contributed by atoms with Crippen LogP contribution in [-0.2, 0) is 15.0 Å². The molecule has 11 heteroatoms. The number of aromatic nitrogens is 1. The van der Waals surface area contributed by atoms with E-state index in [9.17, 15) is 24.4 Å². The second kappa shape index (κ2) is 13.9. The van der Waals surface area contributed by atoms with Crippen LogP contribution in [0.5, 0.6) is 5.75 Å². The van der Waals surface area contributed by atoms with Gasteiger partial charge in [-0.05, 0) is 131 Å². The number of piperidine rings is 1. The molecule has 4 aromatic rings. The van der Waals surface area contributed by atoms with Gasteiger partial charge in [-0.3, -0.25) is 29.4 Å². The fourth-order valence-electron chi connectivity index (χ4n) is 8.44. The van der Waals surface area contributed by atoms with Gasteiger partial charge in [0.05, 0.1) is 34.9 Å². The zero-order valence-corrected chi connectivity index (χ0v) is 30.8. The number of carbonyl (C=O) groups excluding carboxylic acids is 4. The summed E-state index contributed by atoms with van der Waals surface area (Å²) < 4.78 is 11.7. The zero-order chi connectivity index (χ0) is 37.7. The number of anilines is 2. The number of fused-ring (bicyclic) bond motifs is 1. The summed E-state index contributed by atoms with van der Waals surface area (Å²) in [5.41, 5.74) is 7.54. The van der Waals surface area contributed by atoms with E-state index in [1.54, 1.807) is 18.2 Å². The Morgan fingerprint density at radius 1 is 0.907 bits per heavy atom. The maximum absolute atomic E-state index is 13.3. The smallest absolute Gasteiger partial charge is 0.262 e. The van der Waals surface area contributed by atoms with Gasteiger partial charge in [-0.15, -0.1) is 0 Å². The number of imide groups is 2. The predicted molar refractivity (Wildman–Crippen MR) is 200 cm³/mol. The average molecular weight is 726 g/mol. The molecule has 2 aliphatic carbocycles. The molecule has 1 atom stereocenters. The Hall–Kier alpha value is -5.76. The standard InChI is InChI=1S/C43H43N5O6/c1-25-4-9-30(39-26(2)46-54-27(39)3)20-37(25)47(32-12-10-31(11-13-32)43(24-44)18-19-43)22-28-5-7-29(8-6-28)23-53-33-14-15-34-35(21-33)42(52)48(41(34)51)36-16-17-38(49)45-40(36)50/h4,9-15,20-21,28-29,36H,5-8,16-19,22-23H2,1-3H3,(H,45,49,50). The number of hydrogen-bond donors (Lipinski definition) is 1. The minimum atomic E-state index is -1.00. The number of rotatable bonds is 10. The first-order chi connectivity index (χ1) is 26.0. The molecule has 3 fully saturated rings. The number of hydrogen-bond acceptors (Lipinski definition) is 9. The molecule has 2 saturated carbocycles. The third-order valence-corrected chi connectivity index (χ3v) is 11.8. The third kappa shape index (κ3) is 6.44. The summed E-state index contributed by atoms with van der Waals surface area (Å²) in [6.07, 6.45) is 6.05. The van der Waals surface area contributed by atoms with E-state index in [0.29, 0.717) is 24.2 Å². The van der Waals surface area contributed by atoms with Gasteiger partial charge in [0.2, 0.25) is 11.8 Å². The van der Waals surface area contributed by atoms with Crippen molar-refractivity contribution >= 4 is 35.0 Å². The van der Waals surface area contributed by atoms with Gasteiger partial charge in [-0.1, -0.05) is 29.4 Å². The molecule has 0 radical (unpaired) electrons. The number of nitrogens with one attached hydrogen (secondary N) is 1. The molecule has 276 valence electrons. The van der Waals surface area contributed by atoms with Gasteiger partial charge in [-0.25, -0.2) is 0 Å². The second-order valence-electron chi connectivity index (χ2n) is 15.4. The highest BCUT2D eigenvalue weighted by Gasteiger charge is 2.46. The van der Waals surface area contributed by atoms with Crippen molar-refractivity contribution in [1.29, 1.82) is 5.26 Å². The van der Waals surface area contributed by atoms with Crippen LogP contribution in [0.15, 0.2) is 65.2 Å². The van der Waals surface area contributed by atoms with Gasteiger partial charge in [-0.2, -0.15) is 5.26 Å². The van der Waals surface area contributed by atoms with E-state index in [4.69, 9.17) is 9.26 Å². The van der Waals surface area contributed by atoms with Gasteiger partial charge in [0.25, 0.3) is 11.8 Å². The highest BCUT2D eigenvalue weighted by molar-refractivity contribution is 6.23. The lowest BCUT2D eigenvalue weighted by Gasteiger charge is -2.35. The van der Waals surface area contributed by atoms with Gasteiger partial charge < -0.3 is 14.2 Å². The highest BCUT2D eigenvalue weighted by atomic mass is 16.5. The van der Waals surface area contributed by atoms with Crippen molar-refractivity contribution in [2.75, 3.05) is 18.1 Å². The number of amides is 4. The summed E-state index contributed by atoms with van der Waals surface area (Å²) in [5.74, 6) is -0.0227. The molecule has 0 bridgehead atoms. The quantitative estimate of drug-likeness (QED) is 0.167. The van der Waals surface area contributed by atoms with Crippen LogP contribution in [0.25, 0.3) is 11.1 Å². The molecule has 11 nitrogen and oxygen atoms in total. The average Bonchev–Trinajstić information content (AvgIpc) is 3.86. The van der Waals surface area contributed by atoms with Crippen LogP contribution in [0.2, 0.25) is 0 Å². The van der Waals surface area contributed by atoms with E-state index in [2.05, 4.69) is 70.8 Å². The maximum atomic E-state index is 13.3. The Labute approximate surface area is 314 Å². The Morgan fingerprint density at radius 2 is 1.63 bits per heavy atom. The Balaban J connectivity index is 0.946. The summed E-state index contributed by atoms with van der Waals surface area (Å²) in [4.78, 5) is 53.8. The number of benzene rings is 3. The normalized spacial score (nSPS) is 21.7. The number of ether oxygens (including phenoxy) is 1. The molecule has 0 spiro atoms. The molecule has 1 unspecified atom stereocenters. The van der Waals surface area contributed by atoms with Crippen molar-refractivity contribution in [1.82, 2.24) is 15.4 Å². The molecule has 1 aromatic heterocycles. The Kier molecular flexibility index (Phi) is 9.08. The molecule has 54 heavy (non-hydrogen) atoms. The summed E-state index contributed by atoms with van der Waals surface area (Å²) in [5, 5.41) is 16.2. The SMILES string of the molecule is Cc1ccc(-c2c(C)noc2C)cc1N(CC1CCC(COc2ccc3c(c2)C(=O)N(C2CCC(=O)NC2=O)C3=O)CC1)c1ccc(C2(C#N)CC2)cc1. The third-order valence-electron chi connectivity index (χ3n) is 11.8. The van der Waals surface area contributed by atoms with E-state index < -0.39 is 29.7 Å². The van der Waals surface area contributed by atoms with Crippen molar-refractivity contribution < 1.29 is 28.4 Å². The molecular formula is C43H43N5O6. The molecule has 1 N–H and O–H groups in total. The monoisotopic (exact) mass is 725 g/mol. The molecular weight excluding hydrogens is 683 g/mol. The minimum absolute atomic E-state index is 0.0751. The Morgan fingerprint density at radius 3 is 2.30 bits per heavy atom. The highest BCUT2D eigenvalue weighted by Crippen LogP contribution is 2.48. The molecule has 4 aliphatic rings. The fourth-order valence-corrected chi connectivity index (χ4v) is 8.44. The molecule has 2 aliphatic heterocycles. The van der Waals surface area contributed by atoms with Crippen LogP contribution in [-0.4, -0.2) is 52.9 Å². The largest absolute Gasteiger partial charge is 0.493 e. The van der Waals surface area contributed by atoms with Crippen molar-refractivity contribution in [2.45, 2.75) is 83.6 Å². The number of nitrogens with zero attached hydrogens (tertiary/aromatic N) is 4. The summed E-state index contributed by atoms with van der Waals surface area (Å²) in [6.45, 7) is 7.39. The predicted octanol–water partition coefficient (Wildman–Crippen LogP) is 7.25. The first kappa shape index (κ1) is 35.3. The van der Waals surface area contributed by atoms with Crippen molar-refractivity contribution in [3.8, 4) is 22.9 Å². The van der Waals surface area contributed by atoms with Crippen LogP contribution in [0.1, 0.15) is 94.7 Å². The summed E-state index contributed by atoms with van der Waals surface area (Å²) >= 11 is 0. The lowest BCUT2D eigenvalue weighted by molar-refractivity contribution is -0.136. The topological polar surface area (TPSA) is 146 Å². The van der Waals surface area contributed by atoms with E-state index in [1.807, 2.05) is 13.8 Å². The van der Waals surface area contributed by atoms with E-state index in [-0.39, 0.29) is 29.4 Å². The van der Waals surface area contributed by atoms with Crippen LogP contribution in [0.4, 0.5) is 11.4 Å². The Bertz CT molecular complexity index is 2190. The van der Waals surface area contributed by atoms with Crippen LogP contribution < -0.4 is 15.0 Å². The summed E-state index contributed by atoms with van der Waals surface area (Å²) in [6, 6.07) is 21.5. The van der Waals surface area contributed by atoms with Crippen molar-refractivity contribution in [3.05, 3.63) is 94.4 Å². The molecule has 8 rings (SSSR count). The van der Waals surface area contributed by atoms with Gasteiger partial charge >= 0.3 is 0 Å². The molecule has 3 heterocycles. The first-order valence-corrected chi connectivity index (χ1v) is 18.9. The van der Waals surface area contributed by atoms with E-state index in [1.165, 1.54) is 5.56 Å². The fraction of sp³-hybridized carbons (Fsp3) is 0.395. The number of aryl methyl sites for hydroxylation is 3. The van der Waals surface area contributed by atoms with Crippen molar-refractivity contribution in [3.63, 3.8) is 0 Å². The van der Waals surface area contributed by atoms with Gasteiger partial charge in [0.1, 0.15) is 17.6 Å². The van der Waals surface area contributed by atoms with Gasteiger partial charge in [0.15, 0.2) is 0 Å². The van der Waals surface area contributed by atoms with Crippen LogP contribution >= 0.6 is 0 Å². The summed E-state index contributed by atoms with van der Waals surface area (Å²) in [7, 11) is 0. The lowest BCUT2D eigenvalue weighted by atomic mass is 9.82. The minimum Gasteiger partial charge on any atom is -0.493 e. The zero-order valence-electron chi connectivity index (χ0n) is 30.8. The molecule has 3 aromatic carbocycles. The lowest BCUT2D eigenvalue weighted by Crippen LogP contribution is -2.54. The van der Waals surface area contributed by atoms with Crippen molar-refractivity contribution in [2.24, 2.45) is 11.8 Å². The second-order valence-corrected chi connectivity index (χ2v) is 15.4. The first-order valence-electron chi connectivity index (χ1n) is 18.9. The number of carbonyl (C=O) groups is 4. The van der Waals surface area contributed by atoms with E-state index >= 15 is 0 Å². The molecule has 1 saturated heterocycles. The molecule has 4 amide bonds. The van der Waals surface area contributed by atoms with Gasteiger partial charge in [0, 0.05) is 29.9 Å². The van der Waals surface area contributed by atoms with Crippen LogP contribution in [0.3, 0.4) is 0 Å².